The maximum Gasteiger partial charge on any atom is 0.228 e. The first kappa shape index (κ1) is 18.5. The summed E-state index contributed by atoms with van der Waals surface area (Å²) in [5, 5.41) is 7.16. The smallest absolute Gasteiger partial charge is 0.228 e. The molecule has 1 amide bonds. The van der Waals surface area contributed by atoms with Gasteiger partial charge in [-0.3, -0.25) is 4.79 Å². The van der Waals surface area contributed by atoms with Crippen LogP contribution in [-0.4, -0.2) is 39.0 Å². The average Bonchev–Trinajstić information content (AvgIpc) is 3.22. The molecule has 0 radical (unpaired) electrons. The summed E-state index contributed by atoms with van der Waals surface area (Å²) in [6.07, 6.45) is 4.86. The van der Waals surface area contributed by atoms with Gasteiger partial charge in [0.05, 0.1) is 6.42 Å². The Labute approximate surface area is 175 Å². The van der Waals surface area contributed by atoms with Crippen LogP contribution in [0.5, 0.6) is 0 Å². The Balaban J connectivity index is 1.25. The van der Waals surface area contributed by atoms with Crippen molar-refractivity contribution in [2.45, 2.75) is 19.4 Å². The van der Waals surface area contributed by atoms with Crippen molar-refractivity contribution in [2.24, 2.45) is 0 Å². The number of carbonyl (C=O) groups is 1. The molecule has 1 N–H and O–H groups in total. The molecule has 0 saturated heterocycles. The van der Waals surface area contributed by atoms with Crippen LogP contribution in [-0.2, 0) is 24.2 Å². The predicted octanol–water partition coefficient (Wildman–Crippen LogP) is 3.57. The van der Waals surface area contributed by atoms with Crippen molar-refractivity contribution < 1.29 is 4.79 Å². The summed E-state index contributed by atoms with van der Waals surface area (Å²) in [6, 6.07) is 18.4. The monoisotopic (exact) mass is 397 g/mol. The Bertz CT molecular complexity index is 1210. The molecule has 30 heavy (non-hydrogen) atoms. The van der Waals surface area contributed by atoms with Gasteiger partial charge in [-0.25, -0.2) is 9.50 Å². The van der Waals surface area contributed by atoms with Crippen molar-refractivity contribution in [2.75, 3.05) is 18.9 Å². The lowest BCUT2D eigenvalue weighted by molar-refractivity contribution is -0.115. The van der Waals surface area contributed by atoms with Crippen molar-refractivity contribution in [1.82, 2.24) is 19.5 Å². The van der Waals surface area contributed by atoms with Crippen molar-refractivity contribution in [3.63, 3.8) is 0 Å². The number of aromatic nitrogens is 3. The summed E-state index contributed by atoms with van der Waals surface area (Å²) in [6.45, 7) is 2.02. The minimum atomic E-state index is -0.00302. The van der Waals surface area contributed by atoms with Gasteiger partial charge < -0.3 is 10.2 Å². The molecule has 1 aliphatic rings. The predicted molar refractivity (Wildman–Crippen MR) is 117 cm³/mol. The molecule has 150 valence electrons. The van der Waals surface area contributed by atoms with Crippen molar-refractivity contribution >= 4 is 17.2 Å². The maximum atomic E-state index is 12.5. The number of likely N-dealkylation sites (N-methyl/N-ethyl adjacent to an activating group) is 1. The first-order valence-electron chi connectivity index (χ1n) is 10.1. The highest BCUT2D eigenvalue weighted by molar-refractivity contribution is 5.92. The second-order valence-corrected chi connectivity index (χ2v) is 7.87. The zero-order chi connectivity index (χ0) is 20.5. The number of pyridine rings is 1. The topological polar surface area (TPSA) is 62.5 Å². The van der Waals surface area contributed by atoms with Crippen LogP contribution in [0.25, 0.3) is 16.8 Å². The van der Waals surface area contributed by atoms with Gasteiger partial charge in [0.25, 0.3) is 0 Å². The summed E-state index contributed by atoms with van der Waals surface area (Å²) in [7, 11) is 2.13. The maximum absolute atomic E-state index is 12.5. The Hall–Kier alpha value is -3.51. The van der Waals surface area contributed by atoms with Crippen LogP contribution in [0.15, 0.2) is 67.1 Å². The molecule has 1 aliphatic heterocycles. The van der Waals surface area contributed by atoms with E-state index in [0.717, 1.165) is 47.5 Å². The molecule has 0 aliphatic carbocycles. The van der Waals surface area contributed by atoms with Crippen molar-refractivity contribution in [3.8, 4) is 11.1 Å². The van der Waals surface area contributed by atoms with E-state index >= 15 is 0 Å². The van der Waals surface area contributed by atoms with Crippen LogP contribution >= 0.6 is 0 Å². The highest BCUT2D eigenvalue weighted by Gasteiger charge is 2.14. The molecule has 3 heterocycles. The number of fused-ring (bicyclic) bond motifs is 2. The standard InChI is InChI=1S/C24H23N5O/c1-28-10-8-19-6-7-22(13-21(19)15-28)27-24(30)12-17-2-4-18(5-3-17)20-9-11-29-23(14-20)25-16-26-29/h2-7,9,11,13-14,16H,8,10,12,15H2,1H3,(H,27,30). The van der Waals surface area contributed by atoms with Gasteiger partial charge in [0, 0.05) is 25.0 Å². The van der Waals surface area contributed by atoms with Crippen LogP contribution in [0.1, 0.15) is 16.7 Å². The summed E-state index contributed by atoms with van der Waals surface area (Å²) in [5.41, 5.74) is 7.51. The number of hydrogen-bond acceptors (Lipinski definition) is 4. The van der Waals surface area contributed by atoms with E-state index < -0.39 is 0 Å². The van der Waals surface area contributed by atoms with Gasteiger partial charge in [0.2, 0.25) is 5.91 Å². The number of rotatable bonds is 4. The van der Waals surface area contributed by atoms with Gasteiger partial charge in [-0.05, 0) is 65.6 Å². The van der Waals surface area contributed by atoms with Crippen LogP contribution < -0.4 is 5.32 Å². The summed E-state index contributed by atoms with van der Waals surface area (Å²) in [5.74, 6) is -0.00302. The number of hydrogen-bond donors (Lipinski definition) is 1. The molecule has 2 aromatic heterocycles. The molecule has 0 saturated carbocycles. The van der Waals surface area contributed by atoms with E-state index in [1.165, 1.54) is 11.1 Å². The van der Waals surface area contributed by atoms with Crippen LogP contribution in [0.4, 0.5) is 5.69 Å². The largest absolute Gasteiger partial charge is 0.326 e. The highest BCUT2D eigenvalue weighted by Crippen LogP contribution is 2.23. The third-order valence-electron chi connectivity index (χ3n) is 5.63. The van der Waals surface area contributed by atoms with Crippen LogP contribution in [0, 0.1) is 0 Å². The number of nitrogens with one attached hydrogen (secondary N) is 1. The normalized spacial score (nSPS) is 13.9. The minimum Gasteiger partial charge on any atom is -0.326 e. The second-order valence-electron chi connectivity index (χ2n) is 7.87. The fraction of sp³-hybridized carbons (Fsp3) is 0.208. The lowest BCUT2D eigenvalue weighted by Gasteiger charge is -2.25. The van der Waals surface area contributed by atoms with Crippen LogP contribution in [0.2, 0.25) is 0 Å². The molecule has 4 aromatic rings. The first-order chi connectivity index (χ1) is 14.6. The van der Waals surface area contributed by atoms with Crippen LogP contribution in [0.3, 0.4) is 0 Å². The lowest BCUT2D eigenvalue weighted by Crippen LogP contribution is -2.26. The number of amides is 1. The SMILES string of the molecule is CN1CCc2ccc(NC(=O)Cc3ccc(-c4ccn5ncnc5c4)cc3)cc2C1. The Morgan fingerprint density at radius 2 is 1.90 bits per heavy atom. The Morgan fingerprint density at radius 1 is 1.03 bits per heavy atom. The molecule has 2 aromatic carbocycles. The Morgan fingerprint density at radius 3 is 2.77 bits per heavy atom. The number of nitrogens with zero attached hydrogens (tertiary/aromatic N) is 4. The third kappa shape index (κ3) is 3.82. The molecule has 0 spiro atoms. The van der Waals surface area contributed by atoms with Crippen molar-refractivity contribution in [1.29, 1.82) is 0 Å². The van der Waals surface area contributed by atoms with Gasteiger partial charge in [-0.15, -0.1) is 0 Å². The minimum absolute atomic E-state index is 0.00302. The first-order valence-corrected chi connectivity index (χ1v) is 10.1. The summed E-state index contributed by atoms with van der Waals surface area (Å²) >= 11 is 0. The van der Waals surface area contributed by atoms with E-state index in [2.05, 4.69) is 39.5 Å². The molecule has 0 atom stereocenters. The molecule has 5 rings (SSSR count). The van der Waals surface area contributed by atoms with E-state index in [-0.39, 0.29) is 5.91 Å². The summed E-state index contributed by atoms with van der Waals surface area (Å²) < 4.78 is 1.74. The van der Waals surface area contributed by atoms with Crippen molar-refractivity contribution in [3.05, 3.63) is 83.8 Å². The fourth-order valence-electron chi connectivity index (χ4n) is 3.98. The molecular formula is C24H23N5O. The van der Waals surface area contributed by atoms with E-state index in [4.69, 9.17) is 0 Å². The Kier molecular flexibility index (Phi) is 4.77. The van der Waals surface area contributed by atoms with Gasteiger partial charge in [-0.1, -0.05) is 30.3 Å². The number of carbonyl (C=O) groups excluding carboxylic acids is 1. The van der Waals surface area contributed by atoms with Gasteiger partial charge in [0.1, 0.15) is 6.33 Å². The fourth-order valence-corrected chi connectivity index (χ4v) is 3.98. The van der Waals surface area contributed by atoms with Gasteiger partial charge in [0.15, 0.2) is 5.65 Å². The van der Waals surface area contributed by atoms with Gasteiger partial charge in [-0.2, -0.15) is 5.10 Å². The van der Waals surface area contributed by atoms with E-state index in [9.17, 15) is 4.79 Å². The highest BCUT2D eigenvalue weighted by atomic mass is 16.1. The van der Waals surface area contributed by atoms with E-state index in [1.807, 2.05) is 48.7 Å². The molecule has 0 unspecified atom stereocenters. The van der Waals surface area contributed by atoms with Gasteiger partial charge >= 0.3 is 0 Å². The molecule has 6 heteroatoms. The molecule has 6 nitrogen and oxygen atoms in total. The zero-order valence-corrected chi connectivity index (χ0v) is 16.9. The lowest BCUT2D eigenvalue weighted by atomic mass is 9.99. The number of benzene rings is 2. The summed E-state index contributed by atoms with van der Waals surface area (Å²) in [4.78, 5) is 19.1. The zero-order valence-electron chi connectivity index (χ0n) is 16.9. The van der Waals surface area contributed by atoms with E-state index in [1.54, 1.807) is 10.8 Å². The molecule has 0 bridgehead atoms. The molecular weight excluding hydrogens is 374 g/mol. The third-order valence-corrected chi connectivity index (χ3v) is 5.63. The number of anilines is 1. The second kappa shape index (κ2) is 7.72. The quantitative estimate of drug-likeness (QED) is 0.572. The molecule has 0 fully saturated rings. The van der Waals surface area contributed by atoms with E-state index in [0.29, 0.717) is 6.42 Å². The average molecular weight is 397 g/mol.